The number of piperidine rings is 1. The fourth-order valence-electron chi connectivity index (χ4n) is 4.47. The lowest BCUT2D eigenvalue weighted by atomic mass is 9.85. The third-order valence-electron chi connectivity index (χ3n) is 6.32. The van der Waals surface area contributed by atoms with Gasteiger partial charge in [-0.3, -0.25) is 4.79 Å². The van der Waals surface area contributed by atoms with Crippen LogP contribution in [0.3, 0.4) is 0 Å². The summed E-state index contributed by atoms with van der Waals surface area (Å²) >= 11 is 0. The number of hydrogen-bond donors (Lipinski definition) is 3. The Hall–Kier alpha value is -2.32. The molecule has 0 radical (unpaired) electrons. The normalized spacial score (nSPS) is 23.4. The molecule has 1 saturated carbocycles. The third-order valence-corrected chi connectivity index (χ3v) is 6.32. The molecule has 0 bridgehead atoms. The maximum absolute atomic E-state index is 14.0. The second-order valence-electron chi connectivity index (χ2n) is 7.71. The van der Waals surface area contributed by atoms with E-state index in [9.17, 15) is 14.3 Å². The van der Waals surface area contributed by atoms with Crippen LogP contribution >= 0.6 is 0 Å². The molecule has 1 aliphatic heterocycles. The van der Waals surface area contributed by atoms with Gasteiger partial charge in [-0.25, -0.2) is 9.07 Å². The lowest BCUT2D eigenvalue weighted by Gasteiger charge is -2.29. The van der Waals surface area contributed by atoms with Gasteiger partial charge in [0.1, 0.15) is 11.5 Å². The molecule has 1 amide bonds. The largest absolute Gasteiger partial charge is 0.396 e. The zero-order chi connectivity index (χ0) is 19.1. The van der Waals surface area contributed by atoms with Crippen molar-refractivity contribution in [3.8, 4) is 5.69 Å². The number of carbonyl (C=O) groups is 1. The Balaban J connectivity index is 1.47. The lowest BCUT2D eigenvalue weighted by molar-refractivity contribution is 0.0907. The van der Waals surface area contributed by atoms with Gasteiger partial charge in [-0.15, -0.1) is 5.10 Å². The topological polar surface area (TPSA) is 92.1 Å². The molecule has 1 aromatic heterocycles. The quantitative estimate of drug-likeness (QED) is 0.732. The Morgan fingerprint density at radius 2 is 2.11 bits per heavy atom. The molecule has 1 aromatic carbocycles. The van der Waals surface area contributed by atoms with E-state index in [1.165, 1.54) is 10.7 Å². The number of benzene rings is 1. The van der Waals surface area contributed by atoms with Crippen molar-refractivity contribution in [2.24, 2.45) is 10.8 Å². The minimum Gasteiger partial charge on any atom is -0.396 e. The molecule has 1 saturated heterocycles. The average Bonchev–Trinajstić information content (AvgIpc) is 3.11. The van der Waals surface area contributed by atoms with Crippen LogP contribution in [0.15, 0.2) is 24.3 Å². The van der Waals surface area contributed by atoms with Crippen LogP contribution in [-0.2, 0) is 0 Å². The van der Waals surface area contributed by atoms with Gasteiger partial charge in [0.25, 0.3) is 5.91 Å². The molecule has 8 heteroatoms. The van der Waals surface area contributed by atoms with Crippen LogP contribution in [0.4, 0.5) is 4.39 Å². The fourth-order valence-corrected chi connectivity index (χ4v) is 4.47. The Morgan fingerprint density at radius 1 is 1.37 bits per heavy atom. The minimum atomic E-state index is -0.428. The molecule has 3 N–H and O–H groups in total. The van der Waals surface area contributed by atoms with Gasteiger partial charge < -0.3 is 15.7 Å². The van der Waals surface area contributed by atoms with Crippen LogP contribution in [0.2, 0.25) is 0 Å². The number of hydrogen-bond acceptors (Lipinski definition) is 5. The van der Waals surface area contributed by atoms with Crippen LogP contribution in [0.5, 0.6) is 0 Å². The summed E-state index contributed by atoms with van der Waals surface area (Å²) in [7, 11) is 0. The minimum absolute atomic E-state index is 0.0637. The van der Waals surface area contributed by atoms with Gasteiger partial charge in [0.05, 0.1) is 12.3 Å². The monoisotopic (exact) mass is 373 g/mol. The second-order valence-corrected chi connectivity index (χ2v) is 7.71. The van der Waals surface area contributed by atoms with Crippen LogP contribution in [-0.4, -0.2) is 52.2 Å². The van der Waals surface area contributed by atoms with Crippen molar-refractivity contribution < 1.29 is 14.3 Å². The summed E-state index contributed by atoms with van der Waals surface area (Å²) in [6.45, 7) is 4.06. The third kappa shape index (κ3) is 2.93. The number of aliphatic hydroxyl groups excluding tert-OH is 1. The summed E-state index contributed by atoms with van der Waals surface area (Å²) in [5.74, 6) is -0.776. The molecule has 1 spiro atoms. The van der Waals surface area contributed by atoms with Gasteiger partial charge in [0.15, 0.2) is 5.69 Å². The first kappa shape index (κ1) is 18.1. The van der Waals surface area contributed by atoms with E-state index in [4.69, 9.17) is 0 Å². The van der Waals surface area contributed by atoms with Crippen molar-refractivity contribution in [2.45, 2.75) is 26.2 Å². The maximum Gasteiger partial charge on any atom is 0.273 e. The molecule has 7 nitrogen and oxygen atoms in total. The van der Waals surface area contributed by atoms with Crippen LogP contribution in [0, 0.1) is 23.6 Å². The van der Waals surface area contributed by atoms with E-state index in [2.05, 4.69) is 20.9 Å². The first-order valence-corrected chi connectivity index (χ1v) is 9.29. The molecule has 144 valence electrons. The Bertz CT molecular complexity index is 862. The van der Waals surface area contributed by atoms with Crippen molar-refractivity contribution in [1.82, 2.24) is 25.6 Å². The van der Waals surface area contributed by atoms with E-state index < -0.39 is 5.82 Å². The summed E-state index contributed by atoms with van der Waals surface area (Å²) in [5.41, 5.74) is 0.777. The average molecular weight is 373 g/mol. The summed E-state index contributed by atoms with van der Waals surface area (Å²) in [4.78, 5) is 12.6. The Morgan fingerprint density at radius 3 is 2.81 bits per heavy atom. The van der Waals surface area contributed by atoms with E-state index in [1.54, 1.807) is 25.1 Å². The molecule has 2 heterocycles. The first-order chi connectivity index (χ1) is 13.0. The molecule has 2 fully saturated rings. The van der Waals surface area contributed by atoms with E-state index in [0.717, 1.165) is 32.4 Å². The summed E-state index contributed by atoms with van der Waals surface area (Å²) in [5, 5.41) is 24.1. The standard InChI is InChI=1S/C19H24FN5O2/c1-13-16(23-24-25(13)15-5-3-2-4-14(15)20)17(27)22-11-19(12-26)10-18(19)6-8-21-9-7-18/h2-5,21,26H,6-12H2,1H3,(H,22,27). The van der Waals surface area contributed by atoms with Gasteiger partial charge in [0.2, 0.25) is 0 Å². The smallest absolute Gasteiger partial charge is 0.273 e. The zero-order valence-corrected chi connectivity index (χ0v) is 15.3. The first-order valence-electron chi connectivity index (χ1n) is 9.29. The molecule has 27 heavy (non-hydrogen) atoms. The summed E-state index contributed by atoms with van der Waals surface area (Å²) < 4.78 is 15.3. The number of amides is 1. The van der Waals surface area contributed by atoms with E-state index >= 15 is 0 Å². The number of para-hydroxylation sites is 1. The summed E-state index contributed by atoms with van der Waals surface area (Å²) in [6.07, 6.45) is 2.97. The highest BCUT2D eigenvalue weighted by atomic mass is 19.1. The highest BCUT2D eigenvalue weighted by Gasteiger charge is 2.66. The molecule has 1 unspecified atom stereocenters. The maximum atomic E-state index is 14.0. The zero-order valence-electron chi connectivity index (χ0n) is 15.3. The Labute approximate surface area is 157 Å². The van der Waals surface area contributed by atoms with Crippen molar-refractivity contribution in [2.75, 3.05) is 26.2 Å². The van der Waals surface area contributed by atoms with E-state index in [1.807, 2.05) is 0 Å². The van der Waals surface area contributed by atoms with Gasteiger partial charge in [-0.2, -0.15) is 0 Å². The molecule has 1 atom stereocenters. The molecule has 2 aromatic rings. The van der Waals surface area contributed by atoms with Crippen LogP contribution in [0.25, 0.3) is 5.69 Å². The lowest BCUT2D eigenvalue weighted by Crippen LogP contribution is -2.39. The second kappa shape index (κ2) is 6.69. The predicted octanol–water partition coefficient (Wildman–Crippen LogP) is 1.20. The summed E-state index contributed by atoms with van der Waals surface area (Å²) in [6, 6.07) is 6.23. The van der Waals surface area contributed by atoms with Crippen LogP contribution < -0.4 is 10.6 Å². The van der Waals surface area contributed by atoms with Crippen molar-refractivity contribution >= 4 is 5.91 Å². The Kier molecular flexibility index (Phi) is 4.47. The van der Waals surface area contributed by atoms with Gasteiger partial charge >= 0.3 is 0 Å². The van der Waals surface area contributed by atoms with E-state index in [-0.39, 0.29) is 34.7 Å². The number of halogens is 1. The highest BCUT2D eigenvalue weighted by Crippen LogP contribution is 2.67. The van der Waals surface area contributed by atoms with Gasteiger partial charge in [-0.1, -0.05) is 17.3 Å². The number of carbonyl (C=O) groups excluding carboxylic acids is 1. The number of aromatic nitrogens is 3. The highest BCUT2D eigenvalue weighted by molar-refractivity contribution is 5.93. The van der Waals surface area contributed by atoms with Crippen molar-refractivity contribution in [3.05, 3.63) is 41.5 Å². The predicted molar refractivity (Wildman–Crippen MR) is 97.1 cm³/mol. The number of aliphatic hydroxyl groups is 1. The molecular formula is C19H24FN5O2. The van der Waals surface area contributed by atoms with Crippen molar-refractivity contribution in [1.29, 1.82) is 0 Å². The molecule has 2 aliphatic rings. The molecular weight excluding hydrogens is 349 g/mol. The number of rotatable bonds is 5. The molecule has 4 rings (SSSR count). The SMILES string of the molecule is Cc1c(C(=O)NCC2(CO)CC23CCNCC3)nnn1-c1ccccc1F. The number of nitrogens with one attached hydrogen (secondary N) is 2. The fraction of sp³-hybridized carbons (Fsp3) is 0.526. The molecule has 1 aliphatic carbocycles. The van der Waals surface area contributed by atoms with E-state index in [0.29, 0.717) is 12.2 Å². The van der Waals surface area contributed by atoms with Crippen molar-refractivity contribution in [3.63, 3.8) is 0 Å². The number of nitrogens with zero attached hydrogens (tertiary/aromatic N) is 3. The van der Waals surface area contributed by atoms with Gasteiger partial charge in [-0.05, 0) is 56.8 Å². The van der Waals surface area contributed by atoms with Gasteiger partial charge in [0, 0.05) is 12.0 Å². The van der Waals surface area contributed by atoms with Crippen LogP contribution in [0.1, 0.15) is 35.4 Å².